The summed E-state index contributed by atoms with van der Waals surface area (Å²) in [6, 6.07) is 8.28. The van der Waals surface area contributed by atoms with Crippen molar-refractivity contribution in [2.75, 3.05) is 29.6 Å². The molecule has 1 aliphatic rings. The molecular weight excluding hydrogens is 582 g/mol. The first-order valence-corrected chi connectivity index (χ1v) is 16.4. The zero-order chi connectivity index (χ0) is 30.9. The van der Waals surface area contributed by atoms with Crippen LogP contribution in [0.15, 0.2) is 51.2 Å². The topological polar surface area (TPSA) is 101 Å². The van der Waals surface area contributed by atoms with Crippen molar-refractivity contribution in [3.8, 4) is 10.4 Å². The van der Waals surface area contributed by atoms with Gasteiger partial charge in [0.25, 0.3) is 5.91 Å². The van der Waals surface area contributed by atoms with Crippen LogP contribution >= 0.6 is 11.3 Å². The van der Waals surface area contributed by atoms with Crippen molar-refractivity contribution >= 4 is 44.6 Å². The molecular formula is C30H36F2N4O4S2. The highest BCUT2D eigenvalue weighted by molar-refractivity contribution is 7.93. The molecule has 3 heterocycles. The summed E-state index contributed by atoms with van der Waals surface area (Å²) in [7, 11) is -3.19. The van der Waals surface area contributed by atoms with E-state index in [-0.39, 0.29) is 36.3 Å². The Kier molecular flexibility index (Phi) is 9.08. The molecule has 4 rings (SSSR count). The minimum absolute atomic E-state index is 0.0661. The highest BCUT2D eigenvalue weighted by Gasteiger charge is 2.34. The molecule has 8 nitrogen and oxygen atoms in total. The van der Waals surface area contributed by atoms with E-state index in [1.54, 1.807) is 50.1 Å². The van der Waals surface area contributed by atoms with Gasteiger partial charge in [0, 0.05) is 59.4 Å². The first kappa shape index (κ1) is 31.6. The number of anilines is 2. The standard InChI is InChI=1S/C30H36F2N4O4S2/c1-19-11-16-41-25(19)23-18-33-26(36-14-8-12-30(31,32)13-15-36)24(20(23)2)27(37)34-21-9-7-10-22(17-21)42(6,39)35-28(38)40-29(3,4)5/h7,9-11,16-18H,8,12-15H2,1-6H3,(H,34,37). The second-order valence-corrected chi connectivity index (χ2v) is 14.7. The van der Waals surface area contributed by atoms with Gasteiger partial charge in [0.05, 0.1) is 15.3 Å². The number of aromatic nitrogens is 1. The quantitative estimate of drug-likeness (QED) is 0.315. The number of pyridine rings is 1. The number of nitrogens with zero attached hydrogens (tertiary/aromatic N) is 3. The summed E-state index contributed by atoms with van der Waals surface area (Å²) in [5.74, 6) is -2.90. The molecule has 1 aliphatic heterocycles. The van der Waals surface area contributed by atoms with E-state index >= 15 is 0 Å². The Bertz CT molecular complexity index is 1620. The fourth-order valence-corrected chi connectivity index (χ4v) is 6.83. The largest absolute Gasteiger partial charge is 0.442 e. The highest BCUT2D eigenvalue weighted by atomic mass is 32.2. The SMILES string of the molecule is Cc1ccsc1-c1cnc(N2CCCC(F)(F)CC2)c(C(=O)Nc2cccc(S(C)(=O)=NC(=O)OC(C)(C)C)c2)c1C. The second kappa shape index (κ2) is 12.1. The smallest absolute Gasteiger partial charge is 0.442 e. The van der Waals surface area contributed by atoms with E-state index in [1.165, 1.54) is 23.7 Å². The third kappa shape index (κ3) is 7.52. The van der Waals surface area contributed by atoms with Crippen LogP contribution in [-0.2, 0) is 14.5 Å². The third-order valence-corrected chi connectivity index (χ3v) is 9.52. The number of benzene rings is 1. The Balaban J connectivity index is 1.72. The van der Waals surface area contributed by atoms with Crippen LogP contribution in [0.1, 0.15) is 61.5 Å². The van der Waals surface area contributed by atoms with E-state index in [0.29, 0.717) is 23.6 Å². The molecule has 1 saturated heterocycles. The molecule has 42 heavy (non-hydrogen) atoms. The summed E-state index contributed by atoms with van der Waals surface area (Å²) in [6.07, 6.45) is 1.82. The Morgan fingerprint density at radius 3 is 2.57 bits per heavy atom. The van der Waals surface area contributed by atoms with Crippen molar-refractivity contribution in [2.24, 2.45) is 4.36 Å². The number of ether oxygens (including phenoxy) is 1. The van der Waals surface area contributed by atoms with E-state index in [2.05, 4.69) is 14.7 Å². The van der Waals surface area contributed by atoms with Crippen molar-refractivity contribution in [2.45, 2.75) is 70.3 Å². The third-order valence-electron chi connectivity index (χ3n) is 6.84. The molecule has 0 aliphatic carbocycles. The van der Waals surface area contributed by atoms with Gasteiger partial charge < -0.3 is 15.0 Å². The lowest BCUT2D eigenvalue weighted by Crippen LogP contribution is -2.30. The number of halogens is 2. The summed E-state index contributed by atoms with van der Waals surface area (Å²) in [5.41, 5.74) is 2.32. The molecule has 3 aromatic rings. The van der Waals surface area contributed by atoms with E-state index in [9.17, 15) is 22.6 Å². The average Bonchev–Trinajstić information content (AvgIpc) is 3.20. The summed E-state index contributed by atoms with van der Waals surface area (Å²) in [6.45, 7) is 9.28. The number of hydrogen-bond acceptors (Lipinski definition) is 7. The Labute approximate surface area is 249 Å². The first-order chi connectivity index (χ1) is 19.6. The van der Waals surface area contributed by atoms with Crippen molar-refractivity contribution in [3.63, 3.8) is 0 Å². The number of hydrogen-bond donors (Lipinski definition) is 1. The maximum atomic E-state index is 14.2. The van der Waals surface area contributed by atoms with Gasteiger partial charge in [0.15, 0.2) is 0 Å². The maximum Gasteiger partial charge on any atom is 0.442 e. The van der Waals surface area contributed by atoms with Crippen LogP contribution in [0.5, 0.6) is 0 Å². The van der Waals surface area contributed by atoms with Crippen molar-refractivity contribution in [1.82, 2.24) is 4.98 Å². The molecule has 0 saturated carbocycles. The van der Waals surface area contributed by atoms with Crippen LogP contribution in [0, 0.1) is 13.8 Å². The maximum absolute atomic E-state index is 14.2. The van der Waals surface area contributed by atoms with Crippen molar-refractivity contribution in [3.05, 3.63) is 58.6 Å². The van der Waals surface area contributed by atoms with Gasteiger partial charge in [-0.25, -0.2) is 22.8 Å². The molecule has 2 aromatic heterocycles. The van der Waals surface area contributed by atoms with Crippen LogP contribution < -0.4 is 10.2 Å². The highest BCUT2D eigenvalue weighted by Crippen LogP contribution is 2.37. The van der Waals surface area contributed by atoms with Crippen LogP contribution in [-0.4, -0.2) is 52.1 Å². The van der Waals surface area contributed by atoms with Gasteiger partial charge in [0.1, 0.15) is 11.4 Å². The second-order valence-electron chi connectivity index (χ2n) is 11.5. The monoisotopic (exact) mass is 618 g/mol. The lowest BCUT2D eigenvalue weighted by Gasteiger charge is -2.26. The van der Waals surface area contributed by atoms with Crippen molar-refractivity contribution in [1.29, 1.82) is 0 Å². The molecule has 2 amide bonds. The van der Waals surface area contributed by atoms with Crippen LogP contribution in [0.4, 0.5) is 25.1 Å². The van der Waals surface area contributed by atoms with E-state index < -0.39 is 33.3 Å². The Morgan fingerprint density at radius 2 is 1.90 bits per heavy atom. The number of carbonyl (C=O) groups excluding carboxylic acids is 2. The zero-order valence-corrected chi connectivity index (χ0v) is 26.3. The van der Waals surface area contributed by atoms with Crippen LogP contribution in [0.3, 0.4) is 0 Å². The number of thiophene rings is 1. The molecule has 1 fully saturated rings. The molecule has 1 N–H and O–H groups in total. The van der Waals surface area contributed by atoms with E-state index in [0.717, 1.165) is 16.0 Å². The fourth-order valence-electron chi connectivity index (χ4n) is 4.73. The molecule has 0 bridgehead atoms. The minimum atomic E-state index is -3.19. The lowest BCUT2D eigenvalue weighted by atomic mass is 10.0. The van der Waals surface area contributed by atoms with Gasteiger partial charge >= 0.3 is 6.09 Å². The Morgan fingerprint density at radius 1 is 1.17 bits per heavy atom. The first-order valence-electron chi connectivity index (χ1n) is 13.6. The molecule has 1 atom stereocenters. The summed E-state index contributed by atoms with van der Waals surface area (Å²) < 4.78 is 50.7. The molecule has 0 spiro atoms. The van der Waals surface area contributed by atoms with Crippen molar-refractivity contribution < 1.29 is 27.3 Å². The molecule has 226 valence electrons. The normalized spacial score (nSPS) is 16.7. The zero-order valence-electron chi connectivity index (χ0n) is 24.6. The van der Waals surface area contributed by atoms with Gasteiger partial charge in [-0.1, -0.05) is 6.07 Å². The summed E-state index contributed by atoms with van der Waals surface area (Å²) >= 11 is 1.53. The van der Waals surface area contributed by atoms with E-state index in [4.69, 9.17) is 4.74 Å². The number of nitrogens with one attached hydrogen (secondary N) is 1. The number of amides is 2. The van der Waals surface area contributed by atoms with Crippen LogP contribution in [0.25, 0.3) is 10.4 Å². The number of aryl methyl sites for hydroxylation is 1. The fraction of sp³-hybridized carbons (Fsp3) is 0.433. The molecule has 12 heteroatoms. The van der Waals surface area contributed by atoms with Gasteiger partial charge in [-0.15, -0.1) is 15.7 Å². The summed E-state index contributed by atoms with van der Waals surface area (Å²) in [4.78, 5) is 33.8. The van der Waals surface area contributed by atoms with Gasteiger partial charge in [-0.05, 0) is 81.8 Å². The predicted molar refractivity (Wildman–Crippen MR) is 163 cm³/mol. The van der Waals surface area contributed by atoms with Gasteiger partial charge in [-0.2, -0.15) is 0 Å². The van der Waals surface area contributed by atoms with Crippen LogP contribution in [0.2, 0.25) is 0 Å². The van der Waals surface area contributed by atoms with Gasteiger partial charge in [0.2, 0.25) is 5.92 Å². The lowest BCUT2D eigenvalue weighted by molar-refractivity contribution is -0.0102. The predicted octanol–water partition coefficient (Wildman–Crippen LogP) is 7.70. The number of rotatable bonds is 5. The number of alkyl halides is 2. The Hall–Kier alpha value is -3.38. The molecule has 1 unspecified atom stereocenters. The molecule has 1 aromatic carbocycles. The molecule has 0 radical (unpaired) electrons. The average molecular weight is 619 g/mol. The van der Waals surface area contributed by atoms with E-state index in [1.807, 2.05) is 25.3 Å². The number of carbonyl (C=O) groups is 2. The summed E-state index contributed by atoms with van der Waals surface area (Å²) in [5, 5.41) is 4.83. The minimum Gasteiger partial charge on any atom is -0.442 e. The van der Waals surface area contributed by atoms with Gasteiger partial charge in [-0.3, -0.25) is 4.79 Å².